The third-order valence-corrected chi connectivity index (χ3v) is 5.92. The number of nitrogens with zero attached hydrogens (tertiary/aromatic N) is 1. The van der Waals surface area contributed by atoms with E-state index in [1.165, 1.54) is 6.07 Å². The molecule has 1 N–H and O–H groups in total. The van der Waals surface area contributed by atoms with Gasteiger partial charge in [-0.15, -0.1) is 0 Å². The Balaban J connectivity index is 1.49. The van der Waals surface area contributed by atoms with E-state index in [9.17, 15) is 18.7 Å². The number of benzene rings is 2. The molecule has 0 bridgehead atoms. The maximum Gasteiger partial charge on any atom is 0.161 e. The largest absolute Gasteiger partial charge is 0.486 e. The number of hydrogen-bond donors (Lipinski definition) is 1. The smallest absolute Gasteiger partial charge is 0.161 e. The number of ether oxygens (including phenoxy) is 2. The molecule has 0 spiro atoms. The molecule has 1 saturated heterocycles. The molecule has 2 aliphatic heterocycles. The van der Waals surface area contributed by atoms with Crippen molar-refractivity contribution < 1.29 is 28.2 Å². The Morgan fingerprint density at radius 3 is 2.48 bits per heavy atom. The SMILES string of the molecule is O=C(Cc1ccc(F)c(F)c1)C[C@H](CN1CCCC1)[C@H](O)c1ccc2c(c1)OCCO2. The number of fused-ring (bicyclic) bond motifs is 1. The number of Topliss-reactive ketones (excluding diaryl/α,β-unsaturated/α-hetero) is 1. The minimum atomic E-state index is -0.963. The number of ketones is 1. The molecule has 0 unspecified atom stereocenters. The summed E-state index contributed by atoms with van der Waals surface area (Å²) in [6.45, 7) is 3.43. The highest BCUT2D eigenvalue weighted by atomic mass is 19.2. The third kappa shape index (κ3) is 5.40. The number of hydrogen-bond acceptors (Lipinski definition) is 5. The Morgan fingerprint density at radius 2 is 1.74 bits per heavy atom. The zero-order valence-electron chi connectivity index (χ0n) is 17.4. The molecule has 4 rings (SSSR count). The van der Waals surface area contributed by atoms with E-state index in [1.54, 1.807) is 18.2 Å². The van der Waals surface area contributed by atoms with Crippen LogP contribution in [-0.2, 0) is 11.2 Å². The Kier molecular flexibility index (Phi) is 6.83. The van der Waals surface area contributed by atoms with E-state index in [2.05, 4.69) is 4.90 Å². The van der Waals surface area contributed by atoms with Gasteiger partial charge in [-0.05, 0) is 61.3 Å². The van der Waals surface area contributed by atoms with E-state index in [0.29, 0.717) is 42.4 Å². The van der Waals surface area contributed by atoms with Crippen LogP contribution in [0.1, 0.15) is 36.5 Å². The molecular weight excluding hydrogens is 404 g/mol. The summed E-state index contributed by atoms with van der Waals surface area (Å²) in [5.74, 6) is -1.10. The van der Waals surface area contributed by atoms with Crippen LogP contribution in [0.25, 0.3) is 0 Å². The lowest BCUT2D eigenvalue weighted by atomic mass is 9.89. The molecule has 31 heavy (non-hydrogen) atoms. The summed E-state index contributed by atoms with van der Waals surface area (Å²) in [4.78, 5) is 15.0. The van der Waals surface area contributed by atoms with Crippen molar-refractivity contribution in [3.63, 3.8) is 0 Å². The van der Waals surface area contributed by atoms with Gasteiger partial charge in [0.2, 0.25) is 0 Å². The topological polar surface area (TPSA) is 59.0 Å². The number of carbonyl (C=O) groups excluding carboxylic acids is 1. The average Bonchev–Trinajstić information content (AvgIpc) is 3.28. The first kappa shape index (κ1) is 21.7. The number of rotatable bonds is 8. The third-order valence-electron chi connectivity index (χ3n) is 5.92. The Morgan fingerprint density at radius 1 is 1.00 bits per heavy atom. The first-order valence-corrected chi connectivity index (χ1v) is 10.7. The van der Waals surface area contributed by atoms with E-state index in [1.807, 2.05) is 0 Å². The molecule has 0 radical (unpaired) electrons. The second-order valence-corrected chi connectivity index (χ2v) is 8.28. The number of halogens is 2. The molecule has 2 aromatic rings. The average molecular weight is 431 g/mol. The van der Waals surface area contributed by atoms with Crippen molar-refractivity contribution in [3.05, 3.63) is 59.2 Å². The van der Waals surface area contributed by atoms with Crippen LogP contribution in [0.15, 0.2) is 36.4 Å². The fraction of sp³-hybridized carbons (Fsp3) is 0.458. The van der Waals surface area contributed by atoms with Gasteiger partial charge in [-0.25, -0.2) is 8.78 Å². The molecule has 0 aliphatic carbocycles. The van der Waals surface area contributed by atoms with Crippen LogP contribution >= 0.6 is 0 Å². The number of aliphatic hydroxyl groups is 1. The predicted octanol–water partition coefficient (Wildman–Crippen LogP) is 3.68. The van der Waals surface area contributed by atoms with Crippen LogP contribution in [0.3, 0.4) is 0 Å². The van der Waals surface area contributed by atoms with Crippen molar-refractivity contribution in [1.29, 1.82) is 0 Å². The first-order chi connectivity index (χ1) is 15.0. The summed E-state index contributed by atoms with van der Waals surface area (Å²) in [7, 11) is 0. The van der Waals surface area contributed by atoms with E-state index < -0.39 is 17.7 Å². The minimum Gasteiger partial charge on any atom is -0.486 e. The normalized spacial score (nSPS) is 18.0. The van der Waals surface area contributed by atoms with Crippen molar-refractivity contribution in [2.45, 2.75) is 31.8 Å². The highest BCUT2D eigenvalue weighted by Gasteiger charge is 2.28. The van der Waals surface area contributed by atoms with E-state index in [4.69, 9.17) is 9.47 Å². The molecule has 0 amide bonds. The summed E-state index contributed by atoms with van der Waals surface area (Å²) < 4.78 is 37.8. The van der Waals surface area contributed by atoms with E-state index in [0.717, 1.165) is 38.1 Å². The molecule has 2 aliphatic rings. The van der Waals surface area contributed by atoms with Crippen molar-refractivity contribution in [1.82, 2.24) is 4.90 Å². The Bertz CT molecular complexity index is 930. The molecule has 2 heterocycles. The number of carbonyl (C=O) groups is 1. The molecule has 5 nitrogen and oxygen atoms in total. The summed E-state index contributed by atoms with van der Waals surface area (Å²) in [6.07, 6.45) is 1.50. The standard InChI is InChI=1S/C24H27F2NO4/c25-20-5-3-16(12-21(20)26)11-19(28)13-18(15-27-7-1-2-8-27)24(29)17-4-6-22-23(14-17)31-10-9-30-22/h3-6,12,14,18,24,29H,1-2,7-11,13,15H2/t18-,24-/m1/s1. The summed E-state index contributed by atoms with van der Waals surface area (Å²) in [6, 6.07) is 8.86. The molecule has 7 heteroatoms. The zero-order valence-corrected chi connectivity index (χ0v) is 17.4. The molecule has 0 aromatic heterocycles. The van der Waals surface area contributed by atoms with E-state index >= 15 is 0 Å². The van der Waals surface area contributed by atoms with Gasteiger partial charge in [0.25, 0.3) is 0 Å². The quantitative estimate of drug-likeness (QED) is 0.691. The van der Waals surface area contributed by atoms with Crippen molar-refractivity contribution in [2.75, 3.05) is 32.8 Å². The van der Waals surface area contributed by atoms with Gasteiger partial charge in [-0.2, -0.15) is 0 Å². The fourth-order valence-corrected chi connectivity index (χ4v) is 4.33. The maximum atomic E-state index is 13.5. The number of likely N-dealkylation sites (tertiary alicyclic amines) is 1. The molecule has 2 atom stereocenters. The lowest BCUT2D eigenvalue weighted by molar-refractivity contribution is -0.120. The maximum absolute atomic E-state index is 13.5. The van der Waals surface area contributed by atoms with Crippen LogP contribution in [0.5, 0.6) is 11.5 Å². The van der Waals surface area contributed by atoms with Crippen LogP contribution in [0, 0.1) is 17.6 Å². The van der Waals surface area contributed by atoms with Gasteiger partial charge in [-0.1, -0.05) is 12.1 Å². The second-order valence-electron chi connectivity index (χ2n) is 8.28. The molecule has 1 fully saturated rings. The molecular formula is C24H27F2NO4. The fourth-order valence-electron chi connectivity index (χ4n) is 4.33. The minimum absolute atomic E-state index is 0.00155. The van der Waals surface area contributed by atoms with Gasteiger partial charge >= 0.3 is 0 Å². The zero-order chi connectivity index (χ0) is 21.8. The van der Waals surface area contributed by atoms with Crippen LogP contribution in [-0.4, -0.2) is 48.6 Å². The lowest BCUT2D eigenvalue weighted by Gasteiger charge is -2.28. The van der Waals surface area contributed by atoms with Gasteiger partial charge in [0.05, 0.1) is 6.10 Å². The predicted molar refractivity (Wildman–Crippen MR) is 111 cm³/mol. The Labute approximate surface area is 180 Å². The van der Waals surface area contributed by atoms with Crippen molar-refractivity contribution >= 4 is 5.78 Å². The lowest BCUT2D eigenvalue weighted by Crippen LogP contribution is -2.32. The monoisotopic (exact) mass is 431 g/mol. The van der Waals surface area contributed by atoms with Crippen LogP contribution < -0.4 is 9.47 Å². The summed E-state index contributed by atoms with van der Waals surface area (Å²) in [5.41, 5.74) is 1.10. The summed E-state index contributed by atoms with van der Waals surface area (Å²) in [5, 5.41) is 11.2. The highest BCUT2D eigenvalue weighted by Crippen LogP contribution is 2.35. The van der Waals surface area contributed by atoms with Crippen LogP contribution in [0.2, 0.25) is 0 Å². The second kappa shape index (κ2) is 9.75. The highest BCUT2D eigenvalue weighted by molar-refractivity contribution is 5.81. The molecule has 0 saturated carbocycles. The van der Waals surface area contributed by atoms with Gasteiger partial charge < -0.3 is 19.5 Å². The number of aliphatic hydroxyl groups excluding tert-OH is 1. The van der Waals surface area contributed by atoms with Crippen LogP contribution in [0.4, 0.5) is 8.78 Å². The molecule has 166 valence electrons. The van der Waals surface area contributed by atoms with Crippen molar-refractivity contribution in [3.8, 4) is 11.5 Å². The van der Waals surface area contributed by atoms with Gasteiger partial charge in [0.15, 0.2) is 23.1 Å². The first-order valence-electron chi connectivity index (χ1n) is 10.7. The summed E-state index contributed by atoms with van der Waals surface area (Å²) >= 11 is 0. The van der Waals surface area contributed by atoms with Crippen molar-refractivity contribution in [2.24, 2.45) is 5.92 Å². The molecule has 2 aromatic carbocycles. The van der Waals surface area contributed by atoms with Gasteiger partial charge in [0, 0.05) is 25.3 Å². The van der Waals surface area contributed by atoms with E-state index in [-0.39, 0.29) is 24.5 Å². The van der Waals surface area contributed by atoms with Gasteiger partial charge in [0.1, 0.15) is 19.0 Å². The van der Waals surface area contributed by atoms with Gasteiger partial charge in [-0.3, -0.25) is 4.79 Å². The Hall–Kier alpha value is -2.51.